The molecule has 0 bridgehead atoms. The molecule has 1 heterocycles. The van der Waals surface area contributed by atoms with Crippen LogP contribution in [0.4, 0.5) is 0 Å². The zero-order valence-electron chi connectivity index (χ0n) is 9.15. The van der Waals surface area contributed by atoms with Gasteiger partial charge in [-0.3, -0.25) is 0 Å². The third-order valence-electron chi connectivity index (χ3n) is 2.64. The van der Waals surface area contributed by atoms with E-state index in [0.29, 0.717) is 0 Å². The molecular formula is C13H13ClN2. The minimum atomic E-state index is 0.799. The van der Waals surface area contributed by atoms with Crippen molar-refractivity contribution in [3.8, 4) is 0 Å². The van der Waals surface area contributed by atoms with Gasteiger partial charge in [-0.25, -0.2) is 0 Å². The molecule has 2 rings (SSSR count). The number of aryl methyl sites for hydroxylation is 3. The van der Waals surface area contributed by atoms with Gasteiger partial charge < -0.3 is 0 Å². The van der Waals surface area contributed by atoms with Crippen LogP contribution >= 0.6 is 11.6 Å². The molecule has 1 aromatic carbocycles. The average molecular weight is 233 g/mol. The normalized spacial score (nSPS) is 10.4. The van der Waals surface area contributed by atoms with Crippen molar-refractivity contribution >= 4 is 11.6 Å². The van der Waals surface area contributed by atoms with Crippen molar-refractivity contribution < 1.29 is 0 Å². The van der Waals surface area contributed by atoms with Crippen LogP contribution in [0, 0.1) is 6.92 Å². The van der Waals surface area contributed by atoms with Crippen molar-refractivity contribution in [1.82, 2.24) is 10.2 Å². The van der Waals surface area contributed by atoms with Crippen molar-refractivity contribution in [2.75, 3.05) is 0 Å². The summed E-state index contributed by atoms with van der Waals surface area (Å²) in [6.45, 7) is 2.11. The standard InChI is InChI=1S/C13H13ClN2/c1-10-2-5-13(14)8-12(10)4-3-11-6-7-15-16-9-11/h2,5-9H,3-4H2,1H3. The molecule has 82 valence electrons. The summed E-state index contributed by atoms with van der Waals surface area (Å²) in [5, 5.41) is 8.42. The Hall–Kier alpha value is -1.41. The van der Waals surface area contributed by atoms with E-state index in [1.807, 2.05) is 18.2 Å². The molecule has 0 atom stereocenters. The molecule has 0 amide bonds. The molecule has 0 radical (unpaired) electrons. The predicted octanol–water partition coefficient (Wildman–Crippen LogP) is 3.22. The van der Waals surface area contributed by atoms with Crippen LogP contribution in [-0.4, -0.2) is 10.2 Å². The second-order valence-corrected chi connectivity index (χ2v) is 4.26. The van der Waals surface area contributed by atoms with Crippen molar-refractivity contribution in [2.24, 2.45) is 0 Å². The lowest BCUT2D eigenvalue weighted by molar-refractivity contribution is 0.912. The summed E-state index contributed by atoms with van der Waals surface area (Å²) in [7, 11) is 0. The summed E-state index contributed by atoms with van der Waals surface area (Å²) < 4.78 is 0. The lowest BCUT2D eigenvalue weighted by atomic mass is 10.0. The molecule has 0 fully saturated rings. The van der Waals surface area contributed by atoms with Gasteiger partial charge in [0.1, 0.15) is 0 Å². The number of benzene rings is 1. The van der Waals surface area contributed by atoms with E-state index in [1.54, 1.807) is 12.4 Å². The van der Waals surface area contributed by atoms with E-state index in [-0.39, 0.29) is 0 Å². The molecule has 0 saturated carbocycles. The van der Waals surface area contributed by atoms with E-state index in [0.717, 1.165) is 17.9 Å². The summed E-state index contributed by atoms with van der Waals surface area (Å²) in [6, 6.07) is 8.01. The van der Waals surface area contributed by atoms with Crippen LogP contribution in [0.1, 0.15) is 16.7 Å². The Morgan fingerprint density at radius 3 is 2.75 bits per heavy atom. The Morgan fingerprint density at radius 2 is 2.00 bits per heavy atom. The van der Waals surface area contributed by atoms with Crippen LogP contribution < -0.4 is 0 Å². The van der Waals surface area contributed by atoms with Crippen molar-refractivity contribution in [1.29, 1.82) is 0 Å². The van der Waals surface area contributed by atoms with Crippen molar-refractivity contribution in [3.63, 3.8) is 0 Å². The fraction of sp³-hybridized carbons (Fsp3) is 0.231. The summed E-state index contributed by atoms with van der Waals surface area (Å²) >= 11 is 5.98. The molecule has 0 aliphatic carbocycles. The molecule has 2 aromatic rings. The first-order valence-electron chi connectivity index (χ1n) is 5.26. The average Bonchev–Trinajstić information content (AvgIpc) is 2.32. The van der Waals surface area contributed by atoms with Gasteiger partial charge in [-0.2, -0.15) is 10.2 Å². The molecule has 0 spiro atoms. The Bertz CT molecular complexity index is 469. The van der Waals surface area contributed by atoms with E-state index in [9.17, 15) is 0 Å². The summed E-state index contributed by atoms with van der Waals surface area (Å²) in [4.78, 5) is 0. The summed E-state index contributed by atoms with van der Waals surface area (Å²) in [6.07, 6.45) is 5.48. The van der Waals surface area contributed by atoms with Crippen molar-refractivity contribution in [2.45, 2.75) is 19.8 Å². The van der Waals surface area contributed by atoms with Crippen molar-refractivity contribution in [3.05, 3.63) is 58.4 Å². The number of rotatable bonds is 3. The molecule has 0 unspecified atom stereocenters. The number of nitrogens with zero attached hydrogens (tertiary/aromatic N) is 2. The van der Waals surface area contributed by atoms with Gasteiger partial charge in [-0.05, 0) is 54.7 Å². The highest BCUT2D eigenvalue weighted by Gasteiger charge is 2.00. The fourth-order valence-electron chi connectivity index (χ4n) is 1.65. The lowest BCUT2D eigenvalue weighted by Crippen LogP contribution is -1.95. The van der Waals surface area contributed by atoms with Crippen LogP contribution in [-0.2, 0) is 12.8 Å². The minimum Gasteiger partial charge on any atom is -0.159 e. The van der Waals surface area contributed by atoms with Gasteiger partial charge >= 0.3 is 0 Å². The van der Waals surface area contributed by atoms with Crippen LogP contribution in [0.5, 0.6) is 0 Å². The lowest BCUT2D eigenvalue weighted by Gasteiger charge is -2.06. The van der Waals surface area contributed by atoms with Gasteiger partial charge in [0.2, 0.25) is 0 Å². The molecule has 0 aliphatic heterocycles. The molecule has 0 N–H and O–H groups in total. The fourth-order valence-corrected chi connectivity index (χ4v) is 1.85. The zero-order valence-corrected chi connectivity index (χ0v) is 9.91. The first-order chi connectivity index (χ1) is 7.75. The Kier molecular flexibility index (Phi) is 3.52. The first kappa shape index (κ1) is 11.1. The smallest absolute Gasteiger partial charge is 0.0528 e. The second kappa shape index (κ2) is 5.08. The Balaban J connectivity index is 2.08. The van der Waals surface area contributed by atoms with E-state index in [4.69, 9.17) is 11.6 Å². The molecule has 16 heavy (non-hydrogen) atoms. The minimum absolute atomic E-state index is 0.799. The molecule has 1 aromatic heterocycles. The Labute approximate surface area is 100 Å². The number of halogens is 1. The first-order valence-corrected chi connectivity index (χ1v) is 5.64. The van der Waals surface area contributed by atoms with Gasteiger partial charge in [-0.1, -0.05) is 17.7 Å². The molecule has 0 saturated heterocycles. The van der Waals surface area contributed by atoms with E-state index in [2.05, 4.69) is 23.2 Å². The van der Waals surface area contributed by atoms with Crippen LogP contribution in [0.15, 0.2) is 36.7 Å². The van der Waals surface area contributed by atoms with Gasteiger partial charge in [-0.15, -0.1) is 0 Å². The highest BCUT2D eigenvalue weighted by Crippen LogP contribution is 2.17. The molecule has 0 aliphatic rings. The van der Waals surface area contributed by atoms with Crippen LogP contribution in [0.3, 0.4) is 0 Å². The number of hydrogen-bond donors (Lipinski definition) is 0. The summed E-state index contributed by atoms with van der Waals surface area (Å²) in [5.41, 5.74) is 3.78. The third kappa shape index (κ3) is 2.80. The monoisotopic (exact) mass is 232 g/mol. The highest BCUT2D eigenvalue weighted by molar-refractivity contribution is 6.30. The van der Waals surface area contributed by atoms with Gasteiger partial charge in [0.05, 0.1) is 6.20 Å². The zero-order chi connectivity index (χ0) is 11.4. The maximum atomic E-state index is 5.98. The SMILES string of the molecule is Cc1ccc(Cl)cc1CCc1ccnnc1. The van der Waals surface area contributed by atoms with Gasteiger partial charge in [0.25, 0.3) is 0 Å². The second-order valence-electron chi connectivity index (χ2n) is 3.82. The molecule has 3 heteroatoms. The van der Waals surface area contributed by atoms with E-state index < -0.39 is 0 Å². The highest BCUT2D eigenvalue weighted by atomic mass is 35.5. The van der Waals surface area contributed by atoms with Gasteiger partial charge in [0, 0.05) is 11.2 Å². The van der Waals surface area contributed by atoms with E-state index in [1.165, 1.54) is 16.7 Å². The maximum absolute atomic E-state index is 5.98. The largest absolute Gasteiger partial charge is 0.159 e. The number of aromatic nitrogens is 2. The predicted molar refractivity (Wildman–Crippen MR) is 65.6 cm³/mol. The molecular weight excluding hydrogens is 220 g/mol. The number of hydrogen-bond acceptors (Lipinski definition) is 2. The van der Waals surface area contributed by atoms with Crippen LogP contribution in [0.2, 0.25) is 5.02 Å². The summed E-state index contributed by atoms with van der Waals surface area (Å²) in [5.74, 6) is 0. The maximum Gasteiger partial charge on any atom is 0.0528 e. The van der Waals surface area contributed by atoms with E-state index >= 15 is 0 Å². The van der Waals surface area contributed by atoms with Crippen LogP contribution in [0.25, 0.3) is 0 Å². The Morgan fingerprint density at radius 1 is 1.12 bits per heavy atom. The topological polar surface area (TPSA) is 25.8 Å². The molecule has 2 nitrogen and oxygen atoms in total. The van der Waals surface area contributed by atoms with Gasteiger partial charge in [0.15, 0.2) is 0 Å². The third-order valence-corrected chi connectivity index (χ3v) is 2.87. The quantitative estimate of drug-likeness (QED) is 0.812.